The Morgan fingerprint density at radius 1 is 0.895 bits per heavy atom. The summed E-state index contributed by atoms with van der Waals surface area (Å²) in [7, 11) is 0. The summed E-state index contributed by atoms with van der Waals surface area (Å²) in [5, 5.41) is 3.85. The van der Waals surface area contributed by atoms with Crippen molar-refractivity contribution < 1.29 is 0 Å². The van der Waals surface area contributed by atoms with Crippen LogP contribution in [0.25, 0.3) is 0 Å². The lowest BCUT2D eigenvalue weighted by atomic mass is 9.65. The summed E-state index contributed by atoms with van der Waals surface area (Å²) in [6, 6.07) is 0.846. The summed E-state index contributed by atoms with van der Waals surface area (Å²) in [4.78, 5) is 0. The molecule has 3 rings (SSSR count). The zero-order valence-electron chi connectivity index (χ0n) is 12.9. The van der Waals surface area contributed by atoms with Gasteiger partial charge in [-0.05, 0) is 55.9 Å². The molecule has 0 aromatic rings. The summed E-state index contributed by atoms with van der Waals surface area (Å²) in [6.45, 7) is 3.46. The molecule has 0 aromatic carbocycles. The molecule has 0 aliphatic heterocycles. The van der Waals surface area contributed by atoms with E-state index < -0.39 is 0 Å². The molecule has 3 fully saturated rings. The topological polar surface area (TPSA) is 12.0 Å². The van der Waals surface area contributed by atoms with Gasteiger partial charge >= 0.3 is 0 Å². The van der Waals surface area contributed by atoms with Gasteiger partial charge in [0.15, 0.2) is 0 Å². The van der Waals surface area contributed by atoms with Gasteiger partial charge in [-0.15, -0.1) is 0 Å². The molecule has 4 unspecified atom stereocenters. The Kier molecular flexibility index (Phi) is 4.84. The van der Waals surface area contributed by atoms with E-state index in [0.29, 0.717) is 0 Å². The fraction of sp³-hybridized carbons (Fsp3) is 1.00. The van der Waals surface area contributed by atoms with Gasteiger partial charge in [-0.1, -0.05) is 51.9 Å². The van der Waals surface area contributed by atoms with E-state index in [9.17, 15) is 0 Å². The first-order valence-corrected chi connectivity index (χ1v) is 9.10. The summed E-state index contributed by atoms with van der Waals surface area (Å²) in [5.41, 5.74) is 0. The van der Waals surface area contributed by atoms with E-state index in [1.54, 1.807) is 25.7 Å². The zero-order valence-corrected chi connectivity index (χ0v) is 12.9. The third-order valence-electron chi connectivity index (χ3n) is 6.43. The highest BCUT2D eigenvalue weighted by molar-refractivity contribution is 4.89. The van der Waals surface area contributed by atoms with Crippen molar-refractivity contribution in [3.8, 4) is 0 Å². The Bertz CT molecular complexity index is 271. The lowest BCUT2D eigenvalue weighted by molar-refractivity contribution is 0.0970. The number of hydrogen-bond donors (Lipinski definition) is 1. The maximum atomic E-state index is 3.85. The first kappa shape index (κ1) is 13.9. The van der Waals surface area contributed by atoms with Gasteiger partial charge in [0.2, 0.25) is 0 Å². The Balaban J connectivity index is 1.55. The molecule has 0 bridgehead atoms. The molecule has 3 saturated carbocycles. The number of fused-ring (bicyclic) bond motifs is 1. The van der Waals surface area contributed by atoms with E-state index in [-0.39, 0.29) is 0 Å². The van der Waals surface area contributed by atoms with E-state index in [0.717, 1.165) is 29.7 Å². The van der Waals surface area contributed by atoms with Crippen molar-refractivity contribution in [2.45, 2.75) is 83.6 Å². The minimum atomic E-state index is 0.846. The molecule has 19 heavy (non-hydrogen) atoms. The van der Waals surface area contributed by atoms with Crippen LogP contribution in [0.3, 0.4) is 0 Å². The van der Waals surface area contributed by atoms with Crippen LogP contribution in [-0.4, -0.2) is 12.6 Å². The van der Waals surface area contributed by atoms with Crippen molar-refractivity contribution in [2.24, 2.45) is 23.7 Å². The van der Waals surface area contributed by atoms with Crippen LogP contribution in [0.5, 0.6) is 0 Å². The maximum absolute atomic E-state index is 3.85. The Labute approximate surface area is 119 Å². The second-order valence-corrected chi connectivity index (χ2v) is 7.57. The van der Waals surface area contributed by atoms with Crippen molar-refractivity contribution in [3.63, 3.8) is 0 Å². The largest absolute Gasteiger partial charge is 0.314 e. The van der Waals surface area contributed by atoms with Crippen LogP contribution in [0.4, 0.5) is 0 Å². The highest BCUT2D eigenvalue weighted by atomic mass is 14.9. The highest BCUT2D eigenvalue weighted by Gasteiger charge is 2.36. The van der Waals surface area contributed by atoms with Gasteiger partial charge in [0.1, 0.15) is 0 Å². The van der Waals surface area contributed by atoms with Gasteiger partial charge in [0, 0.05) is 6.04 Å². The molecule has 0 amide bonds. The van der Waals surface area contributed by atoms with Crippen LogP contribution in [0.2, 0.25) is 0 Å². The minimum absolute atomic E-state index is 0.846. The molecule has 0 aromatic heterocycles. The predicted molar refractivity (Wildman–Crippen MR) is 82.2 cm³/mol. The second-order valence-electron chi connectivity index (χ2n) is 7.57. The van der Waals surface area contributed by atoms with Crippen molar-refractivity contribution in [3.05, 3.63) is 0 Å². The molecule has 110 valence electrons. The predicted octanol–water partition coefficient (Wildman–Crippen LogP) is 4.76. The van der Waals surface area contributed by atoms with Crippen molar-refractivity contribution in [1.29, 1.82) is 0 Å². The van der Waals surface area contributed by atoms with Gasteiger partial charge < -0.3 is 5.32 Å². The molecule has 3 aliphatic rings. The van der Waals surface area contributed by atoms with Crippen LogP contribution in [0, 0.1) is 23.7 Å². The average Bonchev–Trinajstić information content (AvgIpc) is 2.41. The van der Waals surface area contributed by atoms with E-state index >= 15 is 0 Å². The number of rotatable bonds is 5. The Hall–Kier alpha value is -0.0400. The smallest absolute Gasteiger partial charge is 0.00979 e. The molecule has 0 radical (unpaired) electrons. The summed E-state index contributed by atoms with van der Waals surface area (Å²) in [5.74, 6) is 4.26. The zero-order chi connectivity index (χ0) is 13.1. The molecule has 3 aliphatic carbocycles. The van der Waals surface area contributed by atoms with Crippen molar-refractivity contribution >= 4 is 0 Å². The molecule has 1 heteroatoms. The first-order chi connectivity index (χ1) is 9.36. The first-order valence-electron chi connectivity index (χ1n) is 9.10. The standard InChI is InChI=1S/C18H33N/c1-2-19-18(12-14-6-5-7-14)17-11-10-15-8-3-4-9-16(15)13-17/h14-19H,2-13H2,1H3. The molecule has 0 spiro atoms. The quantitative estimate of drug-likeness (QED) is 0.754. The molecule has 4 atom stereocenters. The summed E-state index contributed by atoms with van der Waals surface area (Å²) in [6.07, 6.45) is 16.8. The Morgan fingerprint density at radius 2 is 1.68 bits per heavy atom. The van der Waals surface area contributed by atoms with E-state index in [1.807, 2.05) is 0 Å². The SMILES string of the molecule is CCNC(CC1CCC1)C1CCC2CCCCC2C1. The van der Waals surface area contributed by atoms with Crippen LogP contribution in [-0.2, 0) is 0 Å². The molecular formula is C18H33N. The number of nitrogens with one attached hydrogen (secondary N) is 1. The minimum Gasteiger partial charge on any atom is -0.314 e. The third kappa shape index (κ3) is 3.35. The summed E-state index contributed by atoms with van der Waals surface area (Å²) >= 11 is 0. The maximum Gasteiger partial charge on any atom is 0.00979 e. The van der Waals surface area contributed by atoms with Crippen LogP contribution in [0.15, 0.2) is 0 Å². The fourth-order valence-electron chi connectivity index (χ4n) is 5.07. The lowest BCUT2D eigenvalue weighted by Gasteiger charge is -2.43. The molecule has 0 heterocycles. The average molecular weight is 263 g/mol. The molecule has 1 N–H and O–H groups in total. The van der Waals surface area contributed by atoms with Crippen LogP contribution < -0.4 is 5.32 Å². The summed E-state index contributed by atoms with van der Waals surface area (Å²) < 4.78 is 0. The van der Waals surface area contributed by atoms with Gasteiger partial charge in [0.05, 0.1) is 0 Å². The normalized spacial score (nSPS) is 37.4. The fourth-order valence-corrected chi connectivity index (χ4v) is 5.07. The molecule has 1 nitrogen and oxygen atoms in total. The van der Waals surface area contributed by atoms with Crippen molar-refractivity contribution in [1.82, 2.24) is 5.32 Å². The van der Waals surface area contributed by atoms with E-state index in [4.69, 9.17) is 0 Å². The van der Waals surface area contributed by atoms with Gasteiger partial charge in [-0.2, -0.15) is 0 Å². The van der Waals surface area contributed by atoms with E-state index in [1.165, 1.54) is 51.5 Å². The van der Waals surface area contributed by atoms with Gasteiger partial charge in [0.25, 0.3) is 0 Å². The third-order valence-corrected chi connectivity index (χ3v) is 6.43. The highest BCUT2D eigenvalue weighted by Crippen LogP contribution is 2.45. The monoisotopic (exact) mass is 263 g/mol. The Morgan fingerprint density at radius 3 is 2.37 bits per heavy atom. The van der Waals surface area contributed by atoms with Crippen LogP contribution >= 0.6 is 0 Å². The van der Waals surface area contributed by atoms with Gasteiger partial charge in [-0.3, -0.25) is 0 Å². The molecule has 0 saturated heterocycles. The number of hydrogen-bond acceptors (Lipinski definition) is 1. The van der Waals surface area contributed by atoms with E-state index in [2.05, 4.69) is 12.2 Å². The van der Waals surface area contributed by atoms with Crippen molar-refractivity contribution in [2.75, 3.05) is 6.54 Å². The van der Waals surface area contributed by atoms with Crippen LogP contribution in [0.1, 0.15) is 77.6 Å². The van der Waals surface area contributed by atoms with Gasteiger partial charge in [-0.25, -0.2) is 0 Å². The lowest BCUT2D eigenvalue weighted by Crippen LogP contribution is -2.42. The molecular weight excluding hydrogens is 230 g/mol. The second kappa shape index (κ2) is 6.61.